The average Bonchev–Trinajstić information content (AvgIpc) is 2.86. The van der Waals surface area contributed by atoms with Crippen molar-refractivity contribution in [2.75, 3.05) is 45.7 Å². The molecule has 35 heavy (non-hydrogen) atoms. The standard InChI is InChI=1S/C25H34FN3O5S/c1-17-14-29(18(2)16-30)25(31)13-19-12-21(27(3)4)8-11-23(19)34-24(17)15-28(5)35(32,33)22-9-6-20(26)7-10-22/h6-12,17-18,24,30H,13-16H2,1-5H3/t17-,18+,24+/m0/s1. The van der Waals surface area contributed by atoms with Crippen molar-refractivity contribution in [3.63, 3.8) is 0 Å². The number of anilines is 1. The Morgan fingerprint density at radius 2 is 1.83 bits per heavy atom. The molecule has 1 aliphatic rings. The summed E-state index contributed by atoms with van der Waals surface area (Å²) in [7, 11) is 1.37. The molecule has 0 saturated heterocycles. The first-order valence-electron chi connectivity index (χ1n) is 11.5. The summed E-state index contributed by atoms with van der Waals surface area (Å²) in [6.07, 6.45) is -0.483. The predicted octanol–water partition coefficient (Wildman–Crippen LogP) is 2.36. The molecule has 1 aliphatic heterocycles. The highest BCUT2D eigenvalue weighted by molar-refractivity contribution is 7.89. The van der Waals surface area contributed by atoms with Crippen LogP contribution >= 0.6 is 0 Å². The number of benzene rings is 2. The monoisotopic (exact) mass is 507 g/mol. The van der Waals surface area contributed by atoms with Crippen molar-refractivity contribution in [2.45, 2.75) is 37.3 Å². The van der Waals surface area contributed by atoms with Crippen LogP contribution < -0.4 is 9.64 Å². The quantitative estimate of drug-likeness (QED) is 0.619. The van der Waals surface area contributed by atoms with Crippen molar-refractivity contribution in [1.82, 2.24) is 9.21 Å². The van der Waals surface area contributed by atoms with Gasteiger partial charge in [-0.05, 0) is 49.4 Å². The van der Waals surface area contributed by atoms with E-state index in [0.717, 1.165) is 17.8 Å². The van der Waals surface area contributed by atoms with Crippen molar-refractivity contribution >= 4 is 21.6 Å². The lowest BCUT2D eigenvalue weighted by Gasteiger charge is -2.33. The largest absolute Gasteiger partial charge is 0.488 e. The highest BCUT2D eigenvalue weighted by Crippen LogP contribution is 2.30. The van der Waals surface area contributed by atoms with E-state index in [2.05, 4.69) is 0 Å². The lowest BCUT2D eigenvalue weighted by Crippen LogP contribution is -2.48. The normalized spacial score (nSPS) is 19.9. The number of hydrogen-bond donors (Lipinski definition) is 1. The summed E-state index contributed by atoms with van der Waals surface area (Å²) in [5.74, 6) is -0.381. The van der Waals surface area contributed by atoms with Gasteiger partial charge in [0.1, 0.15) is 17.7 Å². The first kappa shape index (κ1) is 26.9. The second-order valence-corrected chi connectivity index (χ2v) is 11.4. The molecule has 0 spiro atoms. The number of likely N-dealkylation sites (N-methyl/N-ethyl adjacent to an activating group) is 1. The Labute approximate surface area is 207 Å². The Morgan fingerprint density at radius 3 is 2.43 bits per heavy atom. The van der Waals surface area contributed by atoms with Crippen LogP contribution in [0.2, 0.25) is 0 Å². The van der Waals surface area contributed by atoms with E-state index in [9.17, 15) is 22.7 Å². The van der Waals surface area contributed by atoms with Gasteiger partial charge in [-0.15, -0.1) is 0 Å². The molecule has 0 aliphatic carbocycles. The van der Waals surface area contributed by atoms with Gasteiger partial charge >= 0.3 is 0 Å². The number of aliphatic hydroxyl groups excluding tert-OH is 1. The van der Waals surface area contributed by atoms with E-state index in [-0.39, 0.29) is 36.3 Å². The van der Waals surface area contributed by atoms with Crippen LogP contribution in [0, 0.1) is 11.7 Å². The number of ether oxygens (including phenoxy) is 1. The van der Waals surface area contributed by atoms with Gasteiger partial charge in [0.2, 0.25) is 15.9 Å². The number of sulfonamides is 1. The number of fused-ring (bicyclic) bond motifs is 1. The molecule has 8 nitrogen and oxygen atoms in total. The van der Waals surface area contributed by atoms with Crippen LogP contribution in [-0.4, -0.2) is 81.6 Å². The maximum Gasteiger partial charge on any atom is 0.242 e. The minimum absolute atomic E-state index is 0.0150. The van der Waals surface area contributed by atoms with Gasteiger partial charge < -0.3 is 19.6 Å². The molecule has 1 N–H and O–H groups in total. The molecule has 2 aromatic carbocycles. The molecular formula is C25H34FN3O5S. The highest BCUT2D eigenvalue weighted by atomic mass is 32.2. The molecule has 2 aromatic rings. The van der Waals surface area contributed by atoms with Crippen LogP contribution in [0.25, 0.3) is 0 Å². The Hall–Kier alpha value is -2.69. The number of hydrogen-bond acceptors (Lipinski definition) is 6. The smallest absolute Gasteiger partial charge is 0.242 e. The fourth-order valence-electron chi connectivity index (χ4n) is 4.05. The SMILES string of the molecule is C[C@H](CO)N1C[C@H](C)[C@@H](CN(C)S(=O)(=O)c2ccc(F)cc2)Oc2ccc(N(C)C)cc2CC1=O. The first-order chi connectivity index (χ1) is 16.4. The third-order valence-electron chi connectivity index (χ3n) is 6.38. The summed E-state index contributed by atoms with van der Waals surface area (Å²) in [4.78, 5) is 16.8. The van der Waals surface area contributed by atoms with E-state index >= 15 is 0 Å². The maximum absolute atomic E-state index is 13.3. The second-order valence-electron chi connectivity index (χ2n) is 9.31. The van der Waals surface area contributed by atoms with E-state index in [4.69, 9.17) is 4.74 Å². The summed E-state index contributed by atoms with van der Waals surface area (Å²) in [5.41, 5.74) is 1.60. The average molecular weight is 508 g/mol. The Bertz CT molecular complexity index is 1140. The van der Waals surface area contributed by atoms with Gasteiger partial charge in [0.15, 0.2) is 0 Å². The van der Waals surface area contributed by atoms with Gasteiger partial charge in [0.25, 0.3) is 0 Å². The molecular weight excluding hydrogens is 473 g/mol. The van der Waals surface area contributed by atoms with Gasteiger partial charge in [-0.3, -0.25) is 4.79 Å². The van der Waals surface area contributed by atoms with Crippen LogP contribution in [0.4, 0.5) is 10.1 Å². The summed E-state index contributed by atoms with van der Waals surface area (Å²) < 4.78 is 47.1. The van der Waals surface area contributed by atoms with E-state index < -0.39 is 28.0 Å². The number of carbonyl (C=O) groups is 1. The van der Waals surface area contributed by atoms with Crippen molar-refractivity contribution < 1.29 is 27.4 Å². The van der Waals surface area contributed by atoms with Crippen LogP contribution in [-0.2, 0) is 21.2 Å². The van der Waals surface area contributed by atoms with Gasteiger partial charge in [-0.25, -0.2) is 12.8 Å². The molecule has 0 aromatic heterocycles. The number of rotatable bonds is 7. The summed E-state index contributed by atoms with van der Waals surface area (Å²) in [6, 6.07) is 9.86. The summed E-state index contributed by atoms with van der Waals surface area (Å²) in [5, 5.41) is 9.75. The number of carbonyl (C=O) groups excluding carboxylic acids is 1. The summed E-state index contributed by atoms with van der Waals surface area (Å²) in [6.45, 7) is 3.80. The Kier molecular flexibility index (Phi) is 8.40. The van der Waals surface area contributed by atoms with Crippen molar-refractivity contribution in [1.29, 1.82) is 0 Å². The van der Waals surface area contributed by atoms with Gasteiger partial charge in [0.05, 0.1) is 30.5 Å². The third-order valence-corrected chi connectivity index (χ3v) is 8.21. The van der Waals surface area contributed by atoms with Crippen molar-refractivity contribution in [3.05, 3.63) is 53.8 Å². The molecule has 3 atom stereocenters. The zero-order valence-corrected chi connectivity index (χ0v) is 21.6. The first-order valence-corrected chi connectivity index (χ1v) is 13.0. The van der Waals surface area contributed by atoms with Gasteiger partial charge in [-0.1, -0.05) is 6.92 Å². The minimum atomic E-state index is -3.89. The molecule has 0 radical (unpaired) electrons. The molecule has 1 amide bonds. The Morgan fingerprint density at radius 1 is 1.17 bits per heavy atom. The van der Waals surface area contributed by atoms with E-state index in [1.807, 2.05) is 38.1 Å². The maximum atomic E-state index is 13.3. The molecule has 192 valence electrons. The topological polar surface area (TPSA) is 90.4 Å². The molecule has 1 heterocycles. The van der Waals surface area contributed by atoms with E-state index in [0.29, 0.717) is 17.9 Å². The fourth-order valence-corrected chi connectivity index (χ4v) is 5.23. The number of aliphatic hydroxyl groups is 1. The zero-order valence-electron chi connectivity index (χ0n) is 20.8. The molecule has 0 unspecified atom stereocenters. The number of amides is 1. The number of nitrogens with zero attached hydrogens (tertiary/aromatic N) is 3. The number of halogens is 1. The highest BCUT2D eigenvalue weighted by Gasteiger charge is 2.33. The van der Waals surface area contributed by atoms with Crippen LogP contribution in [0.5, 0.6) is 5.75 Å². The molecule has 10 heteroatoms. The van der Waals surface area contributed by atoms with Gasteiger partial charge in [-0.2, -0.15) is 4.31 Å². The van der Waals surface area contributed by atoms with Crippen molar-refractivity contribution in [2.24, 2.45) is 5.92 Å². The minimum Gasteiger partial charge on any atom is -0.488 e. The van der Waals surface area contributed by atoms with Crippen LogP contribution in [0.3, 0.4) is 0 Å². The fraction of sp³-hybridized carbons (Fsp3) is 0.480. The van der Waals surface area contributed by atoms with E-state index in [1.54, 1.807) is 17.9 Å². The van der Waals surface area contributed by atoms with Crippen LogP contribution in [0.1, 0.15) is 19.4 Å². The van der Waals surface area contributed by atoms with E-state index in [1.165, 1.54) is 23.5 Å². The predicted molar refractivity (Wildman–Crippen MR) is 133 cm³/mol. The molecule has 0 fully saturated rings. The summed E-state index contributed by atoms with van der Waals surface area (Å²) >= 11 is 0. The molecule has 0 saturated carbocycles. The van der Waals surface area contributed by atoms with Crippen LogP contribution in [0.15, 0.2) is 47.4 Å². The molecule has 0 bridgehead atoms. The lowest BCUT2D eigenvalue weighted by atomic mass is 10.0. The Balaban J connectivity index is 1.97. The van der Waals surface area contributed by atoms with Gasteiger partial charge in [0, 0.05) is 44.9 Å². The third kappa shape index (κ3) is 6.12. The van der Waals surface area contributed by atoms with Crippen molar-refractivity contribution in [3.8, 4) is 5.75 Å². The second kappa shape index (κ2) is 10.9. The molecule has 3 rings (SSSR count). The zero-order chi connectivity index (χ0) is 25.9. The lowest BCUT2D eigenvalue weighted by molar-refractivity contribution is -0.134.